The molecule has 0 bridgehead atoms. The number of ether oxygens (including phenoxy) is 2. The molecule has 1 aromatic rings. The van der Waals surface area contributed by atoms with E-state index in [1.54, 1.807) is 0 Å². The molecule has 0 radical (unpaired) electrons. The highest BCUT2D eigenvalue weighted by atomic mass is 28.4. The highest BCUT2D eigenvalue weighted by molar-refractivity contribution is 6.74. The number of hydrogen-bond donors (Lipinski definition) is 2. The molecule has 152 valence electrons. The average molecular weight is 401 g/mol. The maximum absolute atomic E-state index is 12.2. The first-order valence-corrected chi connectivity index (χ1v) is 11.6. The lowest BCUT2D eigenvalue weighted by Crippen LogP contribution is -2.57. The van der Waals surface area contributed by atoms with Crippen molar-refractivity contribution in [3.63, 3.8) is 0 Å². The number of carbonyl (C=O) groups is 1. The monoisotopic (exact) mass is 400 g/mol. The van der Waals surface area contributed by atoms with Crippen LogP contribution in [0.15, 0.2) is 21.9 Å². The van der Waals surface area contributed by atoms with Crippen LogP contribution in [0.25, 0.3) is 0 Å². The number of nitrogens with one attached hydrogen (secondary N) is 1. The van der Waals surface area contributed by atoms with E-state index in [1.165, 1.54) is 23.9 Å². The van der Waals surface area contributed by atoms with Crippen molar-refractivity contribution in [2.45, 2.75) is 63.3 Å². The molecule has 1 aromatic heterocycles. The lowest BCUT2D eigenvalue weighted by Gasteiger charge is -2.45. The van der Waals surface area contributed by atoms with Gasteiger partial charge >= 0.3 is 11.7 Å². The fraction of sp³-hybridized carbons (Fsp3) is 0.706. The van der Waals surface area contributed by atoms with Crippen LogP contribution in [0.4, 0.5) is 0 Å². The summed E-state index contributed by atoms with van der Waals surface area (Å²) in [5.41, 5.74) is -2.44. The SMILES string of the molecule is COC1[C@H](n2ccc(=O)[nH]c2=O)OCC1(CC(=O)O)O[Si](C)(C)C(C)(C)C. The number of nitrogens with zero attached hydrogens (tertiary/aromatic N) is 1. The number of aliphatic carboxylic acids is 1. The molecule has 2 heterocycles. The van der Waals surface area contributed by atoms with Crippen molar-refractivity contribution >= 4 is 14.3 Å². The minimum Gasteiger partial charge on any atom is -0.481 e. The molecule has 0 amide bonds. The number of H-pyrrole nitrogens is 1. The molecule has 1 aliphatic heterocycles. The summed E-state index contributed by atoms with van der Waals surface area (Å²) < 4.78 is 19.1. The van der Waals surface area contributed by atoms with Gasteiger partial charge in [0.25, 0.3) is 5.56 Å². The number of carboxylic acid groups (broad SMARTS) is 1. The van der Waals surface area contributed by atoms with E-state index in [4.69, 9.17) is 13.9 Å². The van der Waals surface area contributed by atoms with Gasteiger partial charge in [0, 0.05) is 19.4 Å². The van der Waals surface area contributed by atoms with E-state index < -0.39 is 43.5 Å². The molecule has 0 aliphatic carbocycles. The van der Waals surface area contributed by atoms with Crippen molar-refractivity contribution in [3.8, 4) is 0 Å². The van der Waals surface area contributed by atoms with Crippen LogP contribution in [0, 0.1) is 0 Å². The van der Waals surface area contributed by atoms with Gasteiger partial charge in [0.2, 0.25) is 0 Å². The van der Waals surface area contributed by atoms with Gasteiger partial charge in [-0.3, -0.25) is 19.1 Å². The Balaban J connectivity index is 2.50. The van der Waals surface area contributed by atoms with Crippen LogP contribution >= 0.6 is 0 Å². The first-order valence-electron chi connectivity index (χ1n) is 8.71. The third-order valence-electron chi connectivity index (χ3n) is 5.37. The van der Waals surface area contributed by atoms with Crippen molar-refractivity contribution in [2.24, 2.45) is 0 Å². The standard InChI is InChI=1S/C17H28N2O7Si/c1-16(2,3)27(5,6)26-17(9-12(21)22)10-25-14(13(17)24-4)19-8-7-11(20)18-15(19)23/h7-8,13-14H,9-10H2,1-6H3,(H,21,22)(H,18,20,23)/t13?,14-,17?/m1/s1. The van der Waals surface area contributed by atoms with Crippen LogP contribution < -0.4 is 11.2 Å². The van der Waals surface area contributed by atoms with Crippen LogP contribution in [0.2, 0.25) is 18.1 Å². The first-order chi connectivity index (χ1) is 12.3. The van der Waals surface area contributed by atoms with E-state index in [0.29, 0.717) is 0 Å². The second-order valence-electron chi connectivity index (χ2n) is 8.37. The molecular weight excluding hydrogens is 372 g/mol. The van der Waals surface area contributed by atoms with Gasteiger partial charge in [-0.15, -0.1) is 0 Å². The van der Waals surface area contributed by atoms with Crippen molar-refractivity contribution in [1.29, 1.82) is 0 Å². The van der Waals surface area contributed by atoms with Gasteiger partial charge in [-0.25, -0.2) is 4.79 Å². The smallest absolute Gasteiger partial charge is 0.330 e. The normalized spacial score (nSPS) is 26.3. The van der Waals surface area contributed by atoms with E-state index in [1.807, 2.05) is 13.1 Å². The zero-order valence-corrected chi connectivity index (χ0v) is 17.6. The Morgan fingerprint density at radius 3 is 2.56 bits per heavy atom. The number of carboxylic acids is 1. The molecule has 1 aliphatic rings. The van der Waals surface area contributed by atoms with Crippen molar-refractivity contribution in [1.82, 2.24) is 9.55 Å². The zero-order valence-electron chi connectivity index (χ0n) is 16.6. The summed E-state index contributed by atoms with van der Waals surface area (Å²) >= 11 is 0. The van der Waals surface area contributed by atoms with Gasteiger partial charge in [0.1, 0.15) is 11.7 Å². The quantitative estimate of drug-likeness (QED) is 0.691. The van der Waals surface area contributed by atoms with Crippen LogP contribution in [0.1, 0.15) is 33.4 Å². The van der Waals surface area contributed by atoms with Crippen LogP contribution in [-0.2, 0) is 18.7 Å². The van der Waals surface area contributed by atoms with Gasteiger partial charge in [0.05, 0.1) is 13.0 Å². The Morgan fingerprint density at radius 2 is 2.07 bits per heavy atom. The van der Waals surface area contributed by atoms with E-state index >= 15 is 0 Å². The van der Waals surface area contributed by atoms with Gasteiger partial charge in [-0.2, -0.15) is 0 Å². The van der Waals surface area contributed by atoms with E-state index in [-0.39, 0.29) is 18.1 Å². The highest BCUT2D eigenvalue weighted by Crippen LogP contribution is 2.45. The zero-order chi connectivity index (χ0) is 20.6. The minimum absolute atomic E-state index is 0.0411. The van der Waals surface area contributed by atoms with E-state index in [9.17, 15) is 19.5 Å². The molecule has 3 atom stereocenters. The van der Waals surface area contributed by atoms with Gasteiger partial charge < -0.3 is 19.0 Å². The fourth-order valence-corrected chi connectivity index (χ4v) is 4.60. The molecular formula is C17H28N2O7Si. The predicted octanol–water partition coefficient (Wildman–Crippen LogP) is 1.32. The lowest BCUT2D eigenvalue weighted by molar-refractivity contribution is -0.147. The number of aromatic amines is 1. The maximum Gasteiger partial charge on any atom is 0.330 e. The molecule has 2 N–H and O–H groups in total. The summed E-state index contributed by atoms with van der Waals surface area (Å²) in [6.45, 7) is 10.1. The van der Waals surface area contributed by atoms with Gasteiger partial charge in [-0.1, -0.05) is 20.8 Å². The molecule has 27 heavy (non-hydrogen) atoms. The summed E-state index contributed by atoms with van der Waals surface area (Å²) in [5, 5.41) is 9.35. The molecule has 2 unspecified atom stereocenters. The molecule has 0 aromatic carbocycles. The molecule has 0 spiro atoms. The Morgan fingerprint density at radius 1 is 1.44 bits per heavy atom. The van der Waals surface area contributed by atoms with Crippen LogP contribution in [-0.4, -0.2) is 54.4 Å². The summed E-state index contributed by atoms with van der Waals surface area (Å²) in [6.07, 6.45) is -0.775. The van der Waals surface area contributed by atoms with E-state index in [0.717, 1.165) is 0 Å². The Bertz CT molecular complexity index is 810. The molecule has 10 heteroatoms. The molecule has 1 saturated heterocycles. The summed E-state index contributed by atoms with van der Waals surface area (Å²) in [4.78, 5) is 37.3. The Kier molecular flexibility index (Phi) is 5.86. The van der Waals surface area contributed by atoms with Crippen molar-refractivity contribution < 1.29 is 23.8 Å². The maximum atomic E-state index is 12.2. The second kappa shape index (κ2) is 7.34. The number of methoxy groups -OCH3 is 1. The lowest BCUT2D eigenvalue weighted by atomic mass is 9.94. The average Bonchev–Trinajstić information content (AvgIpc) is 2.82. The highest BCUT2D eigenvalue weighted by Gasteiger charge is 2.57. The molecule has 1 fully saturated rings. The van der Waals surface area contributed by atoms with Crippen LogP contribution in [0.5, 0.6) is 0 Å². The predicted molar refractivity (Wildman–Crippen MR) is 100 cm³/mol. The van der Waals surface area contributed by atoms with Gasteiger partial charge in [0.15, 0.2) is 14.5 Å². The third kappa shape index (κ3) is 4.23. The topological polar surface area (TPSA) is 120 Å². The van der Waals surface area contributed by atoms with Crippen molar-refractivity contribution in [3.05, 3.63) is 33.1 Å². The number of rotatable bonds is 6. The van der Waals surface area contributed by atoms with Crippen LogP contribution in [0.3, 0.4) is 0 Å². The Hall–Kier alpha value is -1.75. The van der Waals surface area contributed by atoms with Crippen molar-refractivity contribution in [2.75, 3.05) is 13.7 Å². The number of hydrogen-bond acceptors (Lipinski definition) is 6. The summed E-state index contributed by atoms with van der Waals surface area (Å²) in [6, 6.07) is 1.20. The largest absolute Gasteiger partial charge is 0.481 e. The minimum atomic E-state index is -2.39. The summed E-state index contributed by atoms with van der Waals surface area (Å²) in [7, 11) is -0.964. The molecule has 9 nitrogen and oxygen atoms in total. The van der Waals surface area contributed by atoms with E-state index in [2.05, 4.69) is 25.8 Å². The third-order valence-corrected chi connectivity index (χ3v) is 9.90. The van der Waals surface area contributed by atoms with Gasteiger partial charge in [-0.05, 0) is 18.1 Å². The fourth-order valence-electron chi connectivity index (χ4n) is 3.03. The molecule has 2 rings (SSSR count). The second-order valence-corrected chi connectivity index (χ2v) is 13.1. The molecule has 0 saturated carbocycles. The first kappa shape index (κ1) is 21.5. The number of aromatic nitrogens is 2. The summed E-state index contributed by atoms with van der Waals surface area (Å²) in [5.74, 6) is -1.05. The Labute approximate surface area is 158 Å².